The minimum absolute atomic E-state index is 0.0455. The van der Waals surface area contributed by atoms with Gasteiger partial charge in [-0.25, -0.2) is 4.39 Å². The Morgan fingerprint density at radius 1 is 1.11 bits per heavy atom. The van der Waals surface area contributed by atoms with Crippen molar-refractivity contribution in [3.8, 4) is 5.75 Å². The Kier molecular flexibility index (Phi) is 8.92. The number of hydrogen-bond acceptors (Lipinski definition) is 4. The molecule has 4 rings (SSSR count). The number of nitrogens with one attached hydrogen (secondary N) is 1. The average molecular weight is 523 g/mol. The molecule has 2 fully saturated rings. The monoisotopic (exact) mass is 522 g/mol. The Balaban J connectivity index is 1.46. The Morgan fingerprint density at radius 3 is 2.57 bits per heavy atom. The summed E-state index contributed by atoms with van der Waals surface area (Å²) in [6, 6.07) is 10.2. The minimum atomic E-state index is -0.296. The molecule has 0 saturated carbocycles. The third-order valence-corrected chi connectivity index (χ3v) is 7.81. The normalized spacial score (nSPS) is 19.7. The van der Waals surface area contributed by atoms with Crippen molar-refractivity contribution in [2.75, 3.05) is 46.5 Å². The number of hydrogen-bond donors (Lipinski definition) is 1. The van der Waals surface area contributed by atoms with E-state index >= 15 is 0 Å². The zero-order chi connectivity index (χ0) is 24.8. The van der Waals surface area contributed by atoms with Crippen LogP contribution >= 0.6 is 23.2 Å². The van der Waals surface area contributed by atoms with Crippen molar-refractivity contribution < 1.29 is 18.7 Å². The first kappa shape index (κ1) is 26.2. The number of piperidine rings is 2. The fourth-order valence-electron chi connectivity index (χ4n) is 5.52. The highest BCUT2D eigenvalue weighted by Gasteiger charge is 2.45. The lowest BCUT2D eigenvalue weighted by atomic mass is 9.62. The summed E-state index contributed by atoms with van der Waals surface area (Å²) in [6.07, 6.45) is 3.86. The van der Waals surface area contributed by atoms with Gasteiger partial charge in [-0.15, -0.1) is 0 Å². The lowest BCUT2D eigenvalue weighted by molar-refractivity contribution is -0.133. The van der Waals surface area contributed by atoms with E-state index in [1.807, 2.05) is 11.0 Å². The lowest BCUT2D eigenvalue weighted by Gasteiger charge is -2.50. The largest absolute Gasteiger partial charge is 0.493 e. The van der Waals surface area contributed by atoms with E-state index in [2.05, 4.69) is 5.32 Å². The molecule has 2 aliphatic rings. The molecule has 2 aromatic rings. The number of ether oxygens (including phenoxy) is 2. The van der Waals surface area contributed by atoms with Crippen molar-refractivity contribution in [2.45, 2.75) is 38.0 Å². The molecule has 2 saturated heterocycles. The van der Waals surface area contributed by atoms with Crippen LogP contribution in [0.2, 0.25) is 10.0 Å². The van der Waals surface area contributed by atoms with Gasteiger partial charge in [0.1, 0.15) is 11.6 Å². The second kappa shape index (κ2) is 11.9. The molecule has 0 bridgehead atoms. The molecule has 1 unspecified atom stereocenters. The Bertz CT molecular complexity index is 1010. The first-order valence-electron chi connectivity index (χ1n) is 12.2. The summed E-state index contributed by atoms with van der Waals surface area (Å²) in [7, 11) is 1.66. The highest BCUT2D eigenvalue weighted by Crippen LogP contribution is 2.50. The molecule has 1 spiro atoms. The van der Waals surface area contributed by atoms with Gasteiger partial charge in [-0.1, -0.05) is 29.3 Å². The number of halogens is 3. The zero-order valence-electron chi connectivity index (χ0n) is 20.1. The van der Waals surface area contributed by atoms with Crippen LogP contribution in [0.15, 0.2) is 36.4 Å². The number of nitrogens with zero attached hydrogens (tertiary/aromatic N) is 1. The van der Waals surface area contributed by atoms with E-state index in [0.29, 0.717) is 42.1 Å². The molecule has 0 radical (unpaired) electrons. The van der Waals surface area contributed by atoms with Gasteiger partial charge in [-0.2, -0.15) is 0 Å². The molecule has 8 heteroatoms. The first-order valence-corrected chi connectivity index (χ1v) is 13.0. The Labute approximate surface area is 216 Å². The molecule has 1 N–H and O–H groups in total. The Morgan fingerprint density at radius 2 is 1.86 bits per heavy atom. The van der Waals surface area contributed by atoms with Gasteiger partial charge >= 0.3 is 0 Å². The molecule has 2 aromatic carbocycles. The fraction of sp³-hybridized carbons (Fsp3) is 0.519. The van der Waals surface area contributed by atoms with Gasteiger partial charge in [-0.05, 0) is 66.6 Å². The van der Waals surface area contributed by atoms with Gasteiger partial charge in [0.2, 0.25) is 5.91 Å². The van der Waals surface area contributed by atoms with Crippen LogP contribution < -0.4 is 10.1 Å². The molecular formula is C27H33Cl2FN2O3. The predicted molar refractivity (Wildman–Crippen MR) is 137 cm³/mol. The van der Waals surface area contributed by atoms with Crippen LogP contribution in [0.5, 0.6) is 5.75 Å². The maximum atomic E-state index is 14.1. The number of benzene rings is 2. The maximum Gasteiger partial charge on any atom is 0.226 e. The average Bonchev–Trinajstić information content (AvgIpc) is 2.82. The van der Waals surface area contributed by atoms with Crippen molar-refractivity contribution in [3.63, 3.8) is 0 Å². The van der Waals surface area contributed by atoms with Crippen molar-refractivity contribution >= 4 is 29.1 Å². The summed E-state index contributed by atoms with van der Waals surface area (Å²) in [5.41, 5.74) is 1.92. The van der Waals surface area contributed by atoms with Gasteiger partial charge in [0.25, 0.3) is 0 Å². The van der Waals surface area contributed by atoms with Gasteiger partial charge in [0.15, 0.2) is 0 Å². The van der Waals surface area contributed by atoms with E-state index < -0.39 is 0 Å². The first-order chi connectivity index (χ1) is 16.9. The molecule has 1 atom stereocenters. The van der Waals surface area contributed by atoms with Crippen LogP contribution in [-0.2, 0) is 16.0 Å². The van der Waals surface area contributed by atoms with Crippen molar-refractivity contribution in [3.05, 3.63) is 63.4 Å². The van der Waals surface area contributed by atoms with Gasteiger partial charge < -0.3 is 19.7 Å². The van der Waals surface area contributed by atoms with Crippen LogP contribution in [0.25, 0.3) is 0 Å². The van der Waals surface area contributed by atoms with Crippen LogP contribution in [0, 0.1) is 11.2 Å². The summed E-state index contributed by atoms with van der Waals surface area (Å²) in [5.74, 6) is 0.603. The van der Waals surface area contributed by atoms with E-state index in [9.17, 15) is 9.18 Å². The van der Waals surface area contributed by atoms with E-state index in [1.165, 1.54) is 12.1 Å². The topological polar surface area (TPSA) is 50.8 Å². The number of carbonyl (C=O) groups is 1. The Hall–Kier alpha value is -1.86. The van der Waals surface area contributed by atoms with E-state index in [0.717, 1.165) is 49.9 Å². The number of likely N-dealkylation sites (tertiary alicyclic amines) is 1. The van der Waals surface area contributed by atoms with Gasteiger partial charge in [0.05, 0.1) is 13.0 Å². The molecular weight excluding hydrogens is 490 g/mol. The molecule has 1 amide bonds. The summed E-state index contributed by atoms with van der Waals surface area (Å²) in [4.78, 5) is 15.0. The quantitative estimate of drug-likeness (QED) is 0.466. The highest BCUT2D eigenvalue weighted by molar-refractivity contribution is 6.34. The van der Waals surface area contributed by atoms with Gasteiger partial charge in [0, 0.05) is 61.8 Å². The van der Waals surface area contributed by atoms with Crippen LogP contribution in [0.1, 0.15) is 42.7 Å². The van der Waals surface area contributed by atoms with Crippen molar-refractivity contribution in [1.29, 1.82) is 0 Å². The summed E-state index contributed by atoms with van der Waals surface area (Å²) >= 11 is 12.2. The minimum Gasteiger partial charge on any atom is -0.493 e. The third-order valence-electron chi connectivity index (χ3n) is 7.38. The molecule has 2 aliphatic heterocycles. The number of carbonyl (C=O) groups excluding carboxylic acids is 1. The van der Waals surface area contributed by atoms with Crippen LogP contribution in [-0.4, -0.2) is 57.3 Å². The highest BCUT2D eigenvalue weighted by atomic mass is 35.5. The van der Waals surface area contributed by atoms with E-state index in [-0.39, 0.29) is 29.5 Å². The molecule has 190 valence electrons. The SMILES string of the molecule is COCCCOc1cc(F)ccc1C1CNCCC12CCN(C(=O)Cc1cc(Cl)cc(Cl)c1)CC2. The number of rotatable bonds is 8. The molecule has 0 aromatic heterocycles. The number of methoxy groups -OCH3 is 1. The van der Waals surface area contributed by atoms with Gasteiger partial charge in [-0.3, -0.25) is 4.79 Å². The van der Waals surface area contributed by atoms with Crippen molar-refractivity contribution in [1.82, 2.24) is 10.2 Å². The van der Waals surface area contributed by atoms with E-state index in [4.69, 9.17) is 32.7 Å². The maximum absolute atomic E-state index is 14.1. The van der Waals surface area contributed by atoms with E-state index in [1.54, 1.807) is 25.3 Å². The van der Waals surface area contributed by atoms with Crippen molar-refractivity contribution in [2.24, 2.45) is 5.41 Å². The second-order valence-corrected chi connectivity index (χ2v) is 10.5. The molecule has 35 heavy (non-hydrogen) atoms. The molecule has 5 nitrogen and oxygen atoms in total. The smallest absolute Gasteiger partial charge is 0.226 e. The fourth-order valence-corrected chi connectivity index (χ4v) is 6.09. The predicted octanol–water partition coefficient (Wildman–Crippen LogP) is 5.48. The molecule has 0 aliphatic carbocycles. The standard InChI is InChI=1S/C27H33Cl2FN2O3/c1-34-11-2-12-35-25-17-22(30)3-4-23(25)24-18-31-8-5-27(24)6-9-32(10-7-27)26(33)15-19-13-20(28)16-21(29)14-19/h3-4,13-14,16-17,24,31H,2,5-12,15,18H2,1H3. The number of amides is 1. The van der Waals surface area contributed by atoms with Crippen LogP contribution in [0.3, 0.4) is 0 Å². The summed E-state index contributed by atoms with van der Waals surface area (Å²) in [5, 5.41) is 4.60. The lowest BCUT2D eigenvalue weighted by Crippen LogP contribution is -2.51. The summed E-state index contributed by atoms with van der Waals surface area (Å²) < 4.78 is 25.2. The third kappa shape index (κ3) is 6.48. The zero-order valence-corrected chi connectivity index (χ0v) is 21.6. The second-order valence-electron chi connectivity index (χ2n) is 9.58. The van der Waals surface area contributed by atoms with Crippen LogP contribution in [0.4, 0.5) is 4.39 Å². The summed E-state index contributed by atoms with van der Waals surface area (Å²) in [6.45, 7) is 4.24. The molecule has 2 heterocycles.